The highest BCUT2D eigenvalue weighted by atomic mass is 32.1. The molecule has 0 radical (unpaired) electrons. The van der Waals surface area contributed by atoms with Crippen LogP contribution >= 0.6 is 11.3 Å². The van der Waals surface area contributed by atoms with Gasteiger partial charge in [-0.2, -0.15) is 0 Å². The van der Waals surface area contributed by atoms with Gasteiger partial charge in [-0.1, -0.05) is 0 Å². The summed E-state index contributed by atoms with van der Waals surface area (Å²) in [5, 5.41) is 4.20. The maximum absolute atomic E-state index is 10.5. The lowest BCUT2D eigenvalue weighted by Gasteiger charge is -2.00. The fourth-order valence-corrected chi connectivity index (χ4v) is 2.01. The van der Waals surface area contributed by atoms with E-state index in [-0.39, 0.29) is 5.91 Å². The molecule has 0 spiro atoms. The molecule has 0 aromatic carbocycles. The Labute approximate surface area is 93.9 Å². The van der Waals surface area contributed by atoms with Gasteiger partial charge in [-0.25, -0.2) is 4.98 Å². The Balaban J connectivity index is 2.18. The van der Waals surface area contributed by atoms with Gasteiger partial charge in [0.05, 0.1) is 5.69 Å². The SMILES string of the molecule is Cc1nc(NCCCCC(N)=O)sc1C. The number of primary amides is 1. The zero-order chi connectivity index (χ0) is 11.3. The van der Waals surface area contributed by atoms with E-state index in [0.29, 0.717) is 6.42 Å². The van der Waals surface area contributed by atoms with Crippen LogP contribution in [0.1, 0.15) is 29.8 Å². The summed E-state index contributed by atoms with van der Waals surface area (Å²) in [7, 11) is 0. The average molecular weight is 227 g/mol. The summed E-state index contributed by atoms with van der Waals surface area (Å²) in [6.45, 7) is 4.91. The minimum Gasteiger partial charge on any atom is -0.370 e. The van der Waals surface area contributed by atoms with Crippen LogP contribution in [0.4, 0.5) is 5.13 Å². The molecule has 0 aliphatic carbocycles. The van der Waals surface area contributed by atoms with Gasteiger partial charge >= 0.3 is 0 Å². The second-order valence-corrected chi connectivity index (χ2v) is 4.71. The summed E-state index contributed by atoms with van der Waals surface area (Å²) in [6.07, 6.45) is 2.25. The first-order valence-corrected chi connectivity index (χ1v) is 5.87. The van der Waals surface area contributed by atoms with Crippen molar-refractivity contribution >= 4 is 22.4 Å². The Morgan fingerprint density at radius 2 is 2.20 bits per heavy atom. The maximum atomic E-state index is 10.5. The van der Waals surface area contributed by atoms with E-state index in [1.165, 1.54) is 4.88 Å². The Morgan fingerprint density at radius 3 is 2.73 bits per heavy atom. The number of hydrogen-bond acceptors (Lipinski definition) is 4. The second-order valence-electron chi connectivity index (χ2n) is 3.51. The number of unbranched alkanes of at least 4 members (excludes halogenated alkanes) is 1. The average Bonchev–Trinajstić information content (AvgIpc) is 2.45. The first-order chi connectivity index (χ1) is 7.09. The maximum Gasteiger partial charge on any atom is 0.217 e. The van der Waals surface area contributed by atoms with Crippen LogP contribution in [0.25, 0.3) is 0 Å². The van der Waals surface area contributed by atoms with Crippen LogP contribution in [0.3, 0.4) is 0 Å². The number of nitrogens with one attached hydrogen (secondary N) is 1. The van der Waals surface area contributed by atoms with Crippen LogP contribution in [0.15, 0.2) is 0 Å². The molecule has 4 nitrogen and oxygen atoms in total. The fourth-order valence-electron chi connectivity index (χ4n) is 1.17. The number of carbonyl (C=O) groups is 1. The van der Waals surface area contributed by atoms with E-state index in [1.807, 2.05) is 6.92 Å². The van der Waals surface area contributed by atoms with Crippen molar-refractivity contribution in [1.29, 1.82) is 0 Å². The summed E-state index contributed by atoms with van der Waals surface area (Å²) in [5.41, 5.74) is 6.12. The highest BCUT2D eigenvalue weighted by Gasteiger charge is 2.02. The van der Waals surface area contributed by atoms with E-state index in [4.69, 9.17) is 5.73 Å². The van der Waals surface area contributed by atoms with E-state index in [2.05, 4.69) is 17.2 Å². The molecule has 0 aliphatic rings. The predicted molar refractivity (Wildman–Crippen MR) is 63.1 cm³/mol. The minimum absolute atomic E-state index is 0.226. The standard InChI is InChI=1S/C10H17N3OS/c1-7-8(2)15-10(13-7)12-6-4-3-5-9(11)14/h3-6H2,1-2H3,(H2,11,14)(H,12,13). The van der Waals surface area contributed by atoms with E-state index in [9.17, 15) is 4.79 Å². The third-order valence-corrected chi connectivity index (χ3v) is 3.19. The van der Waals surface area contributed by atoms with E-state index in [0.717, 1.165) is 30.2 Å². The molecule has 0 saturated heterocycles. The van der Waals surface area contributed by atoms with Crippen molar-refractivity contribution in [3.8, 4) is 0 Å². The minimum atomic E-state index is -0.226. The van der Waals surface area contributed by atoms with Gasteiger partial charge in [-0.15, -0.1) is 11.3 Å². The molecule has 0 bridgehead atoms. The molecule has 15 heavy (non-hydrogen) atoms. The zero-order valence-electron chi connectivity index (χ0n) is 9.17. The van der Waals surface area contributed by atoms with Crippen LogP contribution in [0.5, 0.6) is 0 Å². The van der Waals surface area contributed by atoms with Crippen molar-refractivity contribution in [3.63, 3.8) is 0 Å². The normalized spacial score (nSPS) is 10.3. The molecule has 1 amide bonds. The van der Waals surface area contributed by atoms with Gasteiger partial charge in [0.2, 0.25) is 5.91 Å². The van der Waals surface area contributed by atoms with Gasteiger partial charge < -0.3 is 11.1 Å². The lowest BCUT2D eigenvalue weighted by Crippen LogP contribution is -2.10. The number of rotatable bonds is 6. The van der Waals surface area contributed by atoms with Gasteiger partial charge in [0.1, 0.15) is 0 Å². The summed E-state index contributed by atoms with van der Waals surface area (Å²) < 4.78 is 0. The molecular weight excluding hydrogens is 210 g/mol. The number of thiazole rings is 1. The van der Waals surface area contributed by atoms with Crippen LogP contribution in [0.2, 0.25) is 0 Å². The lowest BCUT2D eigenvalue weighted by atomic mass is 10.2. The predicted octanol–water partition coefficient (Wildman–Crippen LogP) is 1.83. The molecule has 0 unspecified atom stereocenters. The van der Waals surface area contributed by atoms with Crippen molar-refractivity contribution in [1.82, 2.24) is 4.98 Å². The number of nitrogens with two attached hydrogens (primary N) is 1. The first kappa shape index (κ1) is 12.0. The summed E-state index contributed by atoms with van der Waals surface area (Å²) in [6, 6.07) is 0. The van der Waals surface area contributed by atoms with Crippen molar-refractivity contribution in [3.05, 3.63) is 10.6 Å². The topological polar surface area (TPSA) is 68.0 Å². The Kier molecular flexibility index (Phi) is 4.55. The smallest absolute Gasteiger partial charge is 0.217 e. The van der Waals surface area contributed by atoms with Crippen LogP contribution in [-0.4, -0.2) is 17.4 Å². The molecule has 1 rings (SSSR count). The van der Waals surface area contributed by atoms with Gasteiger partial charge in [-0.05, 0) is 26.7 Å². The molecule has 0 aliphatic heterocycles. The largest absolute Gasteiger partial charge is 0.370 e. The Morgan fingerprint density at radius 1 is 1.47 bits per heavy atom. The Bertz CT molecular complexity index is 316. The molecule has 0 atom stereocenters. The summed E-state index contributed by atoms with van der Waals surface area (Å²) in [5.74, 6) is -0.226. The van der Waals surface area contributed by atoms with Gasteiger partial charge in [-0.3, -0.25) is 4.79 Å². The van der Waals surface area contributed by atoms with E-state index >= 15 is 0 Å². The van der Waals surface area contributed by atoms with Crippen molar-refractivity contribution in [2.75, 3.05) is 11.9 Å². The van der Waals surface area contributed by atoms with Crippen LogP contribution in [0, 0.1) is 13.8 Å². The number of nitrogens with zero attached hydrogens (tertiary/aromatic N) is 1. The number of carbonyl (C=O) groups excluding carboxylic acids is 1. The lowest BCUT2D eigenvalue weighted by molar-refractivity contribution is -0.118. The quantitative estimate of drug-likeness (QED) is 0.728. The second kappa shape index (κ2) is 5.70. The number of aryl methyl sites for hydroxylation is 2. The third kappa shape index (κ3) is 4.29. The number of aromatic nitrogens is 1. The van der Waals surface area contributed by atoms with E-state index < -0.39 is 0 Å². The molecule has 0 saturated carbocycles. The van der Waals surface area contributed by atoms with Gasteiger partial charge in [0, 0.05) is 17.8 Å². The number of amides is 1. The molecule has 1 aromatic rings. The van der Waals surface area contributed by atoms with Crippen molar-refractivity contribution in [2.45, 2.75) is 33.1 Å². The Hall–Kier alpha value is -1.10. The van der Waals surface area contributed by atoms with Crippen molar-refractivity contribution in [2.24, 2.45) is 5.73 Å². The molecule has 1 heterocycles. The molecular formula is C10H17N3OS. The third-order valence-electron chi connectivity index (χ3n) is 2.15. The summed E-state index contributed by atoms with van der Waals surface area (Å²) in [4.78, 5) is 16.1. The molecule has 0 fully saturated rings. The monoisotopic (exact) mass is 227 g/mol. The van der Waals surface area contributed by atoms with E-state index in [1.54, 1.807) is 11.3 Å². The molecule has 3 N–H and O–H groups in total. The summed E-state index contributed by atoms with van der Waals surface area (Å²) >= 11 is 1.66. The molecule has 1 aromatic heterocycles. The van der Waals surface area contributed by atoms with Gasteiger partial charge in [0.25, 0.3) is 0 Å². The van der Waals surface area contributed by atoms with Crippen LogP contribution in [-0.2, 0) is 4.79 Å². The highest BCUT2D eigenvalue weighted by molar-refractivity contribution is 7.15. The van der Waals surface area contributed by atoms with Crippen LogP contribution < -0.4 is 11.1 Å². The van der Waals surface area contributed by atoms with Crippen molar-refractivity contribution < 1.29 is 4.79 Å². The highest BCUT2D eigenvalue weighted by Crippen LogP contribution is 2.20. The number of anilines is 1. The number of hydrogen-bond donors (Lipinski definition) is 2. The first-order valence-electron chi connectivity index (χ1n) is 5.06. The zero-order valence-corrected chi connectivity index (χ0v) is 9.99. The van der Waals surface area contributed by atoms with Gasteiger partial charge in [0.15, 0.2) is 5.13 Å². The fraction of sp³-hybridized carbons (Fsp3) is 0.600. The molecule has 84 valence electrons. The molecule has 5 heteroatoms.